The monoisotopic (exact) mass is 401 g/mol. The minimum absolute atomic E-state index is 0.152. The highest BCUT2D eigenvalue weighted by Gasteiger charge is 2.18. The SMILES string of the molecule is COC(=O)Cn1c(C)c(Cc2n[nH]c(=O)cc2Cc2ccccc2)c2ccccc21. The maximum atomic E-state index is 11.9. The first-order valence-corrected chi connectivity index (χ1v) is 9.81. The highest BCUT2D eigenvalue weighted by Crippen LogP contribution is 2.28. The molecule has 6 nitrogen and oxygen atoms in total. The van der Waals surface area contributed by atoms with Gasteiger partial charge in [-0.2, -0.15) is 5.10 Å². The third-order valence-electron chi connectivity index (χ3n) is 5.44. The molecule has 2 aromatic carbocycles. The van der Waals surface area contributed by atoms with Crippen LogP contribution in [0.5, 0.6) is 0 Å². The average molecular weight is 401 g/mol. The van der Waals surface area contributed by atoms with Crippen LogP contribution in [0.4, 0.5) is 0 Å². The molecule has 0 bridgehead atoms. The summed E-state index contributed by atoms with van der Waals surface area (Å²) in [6.45, 7) is 2.15. The summed E-state index contributed by atoms with van der Waals surface area (Å²) in [6.07, 6.45) is 1.19. The minimum Gasteiger partial charge on any atom is -0.468 e. The average Bonchev–Trinajstić information content (AvgIpc) is 3.02. The number of carbonyl (C=O) groups is 1. The molecule has 0 radical (unpaired) electrons. The molecule has 0 spiro atoms. The molecule has 0 amide bonds. The van der Waals surface area contributed by atoms with E-state index in [1.807, 2.05) is 66.1 Å². The number of nitrogens with zero attached hydrogens (tertiary/aromatic N) is 2. The van der Waals surface area contributed by atoms with Gasteiger partial charge < -0.3 is 9.30 Å². The second-order valence-electron chi connectivity index (χ2n) is 7.29. The van der Waals surface area contributed by atoms with Crippen molar-refractivity contribution in [1.82, 2.24) is 14.8 Å². The van der Waals surface area contributed by atoms with E-state index in [4.69, 9.17) is 4.74 Å². The van der Waals surface area contributed by atoms with Gasteiger partial charge in [0.05, 0.1) is 12.8 Å². The Hall–Kier alpha value is -3.67. The molecule has 30 heavy (non-hydrogen) atoms. The Morgan fingerprint density at radius 3 is 2.57 bits per heavy atom. The summed E-state index contributed by atoms with van der Waals surface area (Å²) in [4.78, 5) is 23.9. The van der Waals surface area contributed by atoms with Crippen LogP contribution in [0.3, 0.4) is 0 Å². The lowest BCUT2D eigenvalue weighted by atomic mass is 9.99. The van der Waals surface area contributed by atoms with Crippen molar-refractivity contribution >= 4 is 16.9 Å². The van der Waals surface area contributed by atoms with Crippen LogP contribution in [0.15, 0.2) is 65.5 Å². The van der Waals surface area contributed by atoms with Gasteiger partial charge in [-0.25, -0.2) is 5.10 Å². The second kappa shape index (κ2) is 8.37. The molecule has 1 N–H and O–H groups in total. The fourth-order valence-electron chi connectivity index (χ4n) is 3.88. The summed E-state index contributed by atoms with van der Waals surface area (Å²) in [5.74, 6) is -0.294. The van der Waals surface area contributed by atoms with Crippen molar-refractivity contribution in [2.75, 3.05) is 7.11 Å². The van der Waals surface area contributed by atoms with E-state index in [2.05, 4.69) is 10.2 Å². The Bertz CT molecular complexity index is 1260. The number of methoxy groups -OCH3 is 1. The van der Waals surface area contributed by atoms with Crippen molar-refractivity contribution in [2.24, 2.45) is 0 Å². The number of aromatic nitrogens is 3. The number of carbonyl (C=O) groups excluding carboxylic acids is 1. The van der Waals surface area contributed by atoms with E-state index in [9.17, 15) is 9.59 Å². The molecule has 2 heterocycles. The normalized spacial score (nSPS) is 11.0. The number of aromatic amines is 1. The molecule has 6 heteroatoms. The Morgan fingerprint density at radius 1 is 1.07 bits per heavy atom. The maximum Gasteiger partial charge on any atom is 0.325 e. The summed E-state index contributed by atoms with van der Waals surface area (Å²) in [5.41, 5.74) is 5.68. The largest absolute Gasteiger partial charge is 0.468 e. The van der Waals surface area contributed by atoms with Crippen molar-refractivity contribution in [3.05, 3.63) is 99.1 Å². The van der Waals surface area contributed by atoms with Gasteiger partial charge in [0.25, 0.3) is 5.56 Å². The molecular formula is C24H23N3O3. The highest BCUT2D eigenvalue weighted by atomic mass is 16.5. The molecule has 0 saturated heterocycles. The van der Waals surface area contributed by atoms with Crippen molar-refractivity contribution in [1.29, 1.82) is 0 Å². The molecule has 0 unspecified atom stereocenters. The van der Waals surface area contributed by atoms with E-state index in [1.165, 1.54) is 7.11 Å². The smallest absolute Gasteiger partial charge is 0.325 e. The number of para-hydroxylation sites is 1. The summed E-state index contributed by atoms with van der Waals surface area (Å²) < 4.78 is 6.84. The molecule has 2 aromatic heterocycles. The van der Waals surface area contributed by atoms with Crippen LogP contribution in [0.1, 0.15) is 28.1 Å². The Morgan fingerprint density at radius 2 is 1.80 bits per heavy atom. The number of hydrogen-bond acceptors (Lipinski definition) is 4. The van der Waals surface area contributed by atoms with Crippen LogP contribution >= 0.6 is 0 Å². The van der Waals surface area contributed by atoms with E-state index in [0.717, 1.165) is 39.0 Å². The third kappa shape index (κ3) is 3.89. The predicted molar refractivity (Wildman–Crippen MR) is 116 cm³/mol. The lowest BCUT2D eigenvalue weighted by molar-refractivity contribution is -0.141. The van der Waals surface area contributed by atoms with Gasteiger partial charge in [0.1, 0.15) is 6.54 Å². The second-order valence-corrected chi connectivity index (χ2v) is 7.29. The van der Waals surface area contributed by atoms with E-state index in [1.54, 1.807) is 6.07 Å². The lowest BCUT2D eigenvalue weighted by Crippen LogP contribution is -2.14. The highest BCUT2D eigenvalue weighted by molar-refractivity contribution is 5.87. The maximum absolute atomic E-state index is 11.9. The van der Waals surface area contributed by atoms with Crippen LogP contribution in [0, 0.1) is 6.92 Å². The first-order valence-electron chi connectivity index (χ1n) is 9.81. The predicted octanol–water partition coefficient (Wildman–Crippen LogP) is 3.39. The molecule has 0 aliphatic rings. The number of H-pyrrole nitrogens is 1. The number of fused-ring (bicyclic) bond motifs is 1. The summed E-state index contributed by atoms with van der Waals surface area (Å²) in [6, 6.07) is 19.6. The van der Waals surface area contributed by atoms with Gasteiger partial charge in [0.2, 0.25) is 0 Å². The van der Waals surface area contributed by atoms with Crippen LogP contribution in [-0.2, 0) is 28.9 Å². The topological polar surface area (TPSA) is 77.0 Å². The number of rotatable bonds is 6. The standard InChI is InChI=1S/C24H23N3O3/c1-16-20(19-10-6-7-11-22(19)27(16)15-24(29)30-2)14-21-18(13-23(28)26-25-21)12-17-8-4-3-5-9-17/h3-11,13H,12,14-15H2,1-2H3,(H,26,28). The van der Waals surface area contributed by atoms with Crippen molar-refractivity contribution in [2.45, 2.75) is 26.3 Å². The quantitative estimate of drug-likeness (QED) is 0.503. The van der Waals surface area contributed by atoms with Gasteiger partial charge in [0.15, 0.2) is 0 Å². The Kier molecular flexibility index (Phi) is 5.48. The van der Waals surface area contributed by atoms with E-state index in [-0.39, 0.29) is 18.1 Å². The molecular weight excluding hydrogens is 378 g/mol. The van der Waals surface area contributed by atoms with Crippen LogP contribution < -0.4 is 5.56 Å². The zero-order chi connectivity index (χ0) is 21.1. The Balaban J connectivity index is 1.77. The Labute approximate surface area is 174 Å². The van der Waals surface area contributed by atoms with E-state index < -0.39 is 0 Å². The molecule has 4 rings (SSSR count). The number of hydrogen-bond donors (Lipinski definition) is 1. The van der Waals surface area contributed by atoms with Gasteiger partial charge in [-0.05, 0) is 36.1 Å². The molecule has 0 fully saturated rings. The number of benzene rings is 2. The van der Waals surface area contributed by atoms with Crippen molar-refractivity contribution in [3.8, 4) is 0 Å². The van der Waals surface area contributed by atoms with Crippen molar-refractivity contribution in [3.63, 3.8) is 0 Å². The van der Waals surface area contributed by atoms with E-state index >= 15 is 0 Å². The third-order valence-corrected chi connectivity index (χ3v) is 5.44. The molecule has 0 aliphatic heterocycles. The summed E-state index contributed by atoms with van der Waals surface area (Å²) in [7, 11) is 1.39. The molecule has 0 atom stereocenters. The van der Waals surface area contributed by atoms with Crippen LogP contribution in [-0.4, -0.2) is 27.8 Å². The number of nitrogens with one attached hydrogen (secondary N) is 1. The molecule has 152 valence electrons. The molecule has 0 saturated carbocycles. The summed E-state index contributed by atoms with van der Waals surface area (Å²) in [5, 5.41) is 8.01. The lowest BCUT2D eigenvalue weighted by Gasteiger charge is -2.10. The van der Waals surface area contributed by atoms with Gasteiger partial charge in [0, 0.05) is 29.1 Å². The number of ether oxygens (including phenoxy) is 1. The summed E-state index contributed by atoms with van der Waals surface area (Å²) >= 11 is 0. The first kappa shape index (κ1) is 19.6. The zero-order valence-electron chi connectivity index (χ0n) is 17.0. The molecule has 4 aromatic rings. The first-order chi connectivity index (χ1) is 14.6. The van der Waals surface area contributed by atoms with E-state index in [0.29, 0.717) is 12.8 Å². The fourth-order valence-corrected chi connectivity index (χ4v) is 3.88. The zero-order valence-corrected chi connectivity index (χ0v) is 17.0. The van der Waals surface area contributed by atoms with Crippen LogP contribution in [0.25, 0.3) is 10.9 Å². The van der Waals surface area contributed by atoms with Gasteiger partial charge >= 0.3 is 5.97 Å². The number of esters is 1. The fraction of sp³-hybridized carbons (Fsp3) is 0.208. The van der Waals surface area contributed by atoms with Gasteiger partial charge in [-0.1, -0.05) is 48.5 Å². The van der Waals surface area contributed by atoms with Gasteiger partial charge in [-0.15, -0.1) is 0 Å². The van der Waals surface area contributed by atoms with Crippen molar-refractivity contribution < 1.29 is 9.53 Å². The molecule has 0 aliphatic carbocycles. The van der Waals surface area contributed by atoms with Gasteiger partial charge in [-0.3, -0.25) is 9.59 Å². The van der Waals surface area contributed by atoms with Crippen LogP contribution in [0.2, 0.25) is 0 Å². The minimum atomic E-state index is -0.294.